The molecule has 4 aliphatic rings. The van der Waals surface area contributed by atoms with Gasteiger partial charge in [0.25, 0.3) is 0 Å². The first-order valence-corrected chi connectivity index (χ1v) is 14.4. The summed E-state index contributed by atoms with van der Waals surface area (Å²) in [7, 11) is 0. The molecule has 0 radical (unpaired) electrons. The van der Waals surface area contributed by atoms with Crippen molar-refractivity contribution in [3.8, 4) is 17.2 Å². The van der Waals surface area contributed by atoms with Crippen molar-refractivity contribution in [1.29, 1.82) is 5.26 Å². The number of carbonyl (C=O) groups is 1. The number of likely N-dealkylation sites (tertiary alicyclic amines) is 1. The molecule has 3 aromatic rings. The Kier molecular flexibility index (Phi) is 5.82. The third-order valence-electron chi connectivity index (χ3n) is 9.51. The highest BCUT2D eigenvalue weighted by atomic mass is 16.2. The standard InChI is InChI=1S/C31H37N7O/c1-22(2)36-18-31(19-36)20-37(21-31)27-5-3-24(4-6-27)26-15-29-28(7-8-33-38(29)17-26)34-9-11-35(12-10-34)30(39)25-13-23(14-25)16-32/h3-8,15,17,22-23,25H,9-14,18-21H2,1-2H3/t23-,25-. The lowest BCUT2D eigenvalue weighted by Gasteiger charge is -2.62. The molecule has 0 bridgehead atoms. The largest absolute Gasteiger partial charge is 0.370 e. The molecule has 39 heavy (non-hydrogen) atoms. The summed E-state index contributed by atoms with van der Waals surface area (Å²) in [5.41, 5.74) is 6.45. The van der Waals surface area contributed by atoms with Crippen LogP contribution in [-0.4, -0.2) is 83.7 Å². The molecule has 7 rings (SSSR count). The number of anilines is 2. The van der Waals surface area contributed by atoms with Crippen LogP contribution in [0.15, 0.2) is 48.8 Å². The minimum absolute atomic E-state index is 0.0454. The summed E-state index contributed by atoms with van der Waals surface area (Å²) < 4.78 is 1.97. The van der Waals surface area contributed by atoms with E-state index in [0.717, 1.165) is 50.2 Å². The molecule has 8 nitrogen and oxygen atoms in total. The van der Waals surface area contributed by atoms with Gasteiger partial charge in [-0.15, -0.1) is 0 Å². The van der Waals surface area contributed by atoms with Crippen LogP contribution in [0.4, 0.5) is 11.4 Å². The third-order valence-corrected chi connectivity index (χ3v) is 9.51. The van der Waals surface area contributed by atoms with Crippen LogP contribution in [0.5, 0.6) is 0 Å². The highest BCUT2D eigenvalue weighted by molar-refractivity contribution is 5.82. The number of nitriles is 1. The number of aromatic nitrogens is 2. The molecule has 1 amide bonds. The van der Waals surface area contributed by atoms with Gasteiger partial charge in [-0.3, -0.25) is 9.69 Å². The zero-order valence-corrected chi connectivity index (χ0v) is 23.0. The summed E-state index contributed by atoms with van der Waals surface area (Å²) in [4.78, 5) is 22.2. The maximum Gasteiger partial charge on any atom is 0.225 e. The average molecular weight is 524 g/mol. The molecule has 3 aliphatic heterocycles. The van der Waals surface area contributed by atoms with Gasteiger partial charge in [-0.25, -0.2) is 4.52 Å². The van der Waals surface area contributed by atoms with Crippen LogP contribution in [0, 0.1) is 28.6 Å². The highest BCUT2D eigenvalue weighted by Crippen LogP contribution is 2.43. The summed E-state index contributed by atoms with van der Waals surface area (Å²) in [6, 6.07) is 16.2. The van der Waals surface area contributed by atoms with E-state index in [2.05, 4.69) is 82.3 Å². The Balaban J connectivity index is 1.00. The predicted octanol–water partition coefficient (Wildman–Crippen LogP) is 3.73. The molecule has 8 heteroatoms. The summed E-state index contributed by atoms with van der Waals surface area (Å²) in [5.74, 6) is 0.341. The lowest BCUT2D eigenvalue weighted by atomic mass is 9.72. The van der Waals surface area contributed by atoms with E-state index in [1.165, 1.54) is 43.0 Å². The van der Waals surface area contributed by atoms with Crippen molar-refractivity contribution in [2.75, 3.05) is 62.2 Å². The van der Waals surface area contributed by atoms with E-state index in [-0.39, 0.29) is 17.7 Å². The van der Waals surface area contributed by atoms with Gasteiger partial charge in [-0.2, -0.15) is 10.4 Å². The molecular formula is C31H37N7O. The summed E-state index contributed by atoms with van der Waals surface area (Å²) >= 11 is 0. The number of benzene rings is 1. The summed E-state index contributed by atoms with van der Waals surface area (Å²) in [6.07, 6.45) is 5.43. The second-order valence-electron chi connectivity index (χ2n) is 12.5. The number of hydrogen-bond donors (Lipinski definition) is 0. The van der Waals surface area contributed by atoms with Crippen LogP contribution in [0.3, 0.4) is 0 Å². The number of hydrogen-bond acceptors (Lipinski definition) is 6. The molecule has 3 saturated heterocycles. The molecule has 2 aromatic heterocycles. The lowest BCUT2D eigenvalue weighted by Crippen LogP contribution is -2.73. The van der Waals surface area contributed by atoms with Crippen molar-refractivity contribution in [3.05, 3.63) is 48.8 Å². The quantitative estimate of drug-likeness (QED) is 0.508. The maximum absolute atomic E-state index is 12.8. The van der Waals surface area contributed by atoms with Crippen LogP contribution in [0.2, 0.25) is 0 Å². The van der Waals surface area contributed by atoms with Gasteiger partial charge >= 0.3 is 0 Å². The zero-order valence-electron chi connectivity index (χ0n) is 23.0. The average Bonchev–Trinajstić information content (AvgIpc) is 3.31. The zero-order chi connectivity index (χ0) is 26.7. The number of amides is 1. The second-order valence-corrected chi connectivity index (χ2v) is 12.5. The first-order valence-electron chi connectivity index (χ1n) is 14.4. The van der Waals surface area contributed by atoms with Crippen molar-refractivity contribution in [2.24, 2.45) is 17.3 Å². The Labute approximate surface area is 230 Å². The lowest BCUT2D eigenvalue weighted by molar-refractivity contribution is -0.139. The predicted molar refractivity (Wildman–Crippen MR) is 153 cm³/mol. The first kappa shape index (κ1) is 24.5. The van der Waals surface area contributed by atoms with Gasteiger partial charge in [-0.1, -0.05) is 12.1 Å². The maximum atomic E-state index is 12.8. The van der Waals surface area contributed by atoms with Crippen molar-refractivity contribution in [2.45, 2.75) is 32.7 Å². The Hall–Kier alpha value is -3.57. The summed E-state index contributed by atoms with van der Waals surface area (Å²) in [6.45, 7) is 12.4. The minimum atomic E-state index is 0.0454. The molecule has 5 heterocycles. The molecule has 0 atom stereocenters. The fraction of sp³-hybridized carbons (Fsp3) is 0.516. The topological polar surface area (TPSA) is 71.1 Å². The Bertz CT molecular complexity index is 1410. The van der Waals surface area contributed by atoms with Crippen LogP contribution >= 0.6 is 0 Å². The second kappa shape index (κ2) is 9.27. The minimum Gasteiger partial charge on any atom is -0.370 e. The fourth-order valence-corrected chi connectivity index (χ4v) is 6.97. The third kappa shape index (κ3) is 4.24. The molecule has 1 aromatic carbocycles. The van der Waals surface area contributed by atoms with Gasteiger partial charge in [0.1, 0.15) is 0 Å². The Morgan fingerprint density at radius 2 is 1.69 bits per heavy atom. The number of carbonyl (C=O) groups excluding carboxylic acids is 1. The molecule has 1 saturated carbocycles. The van der Waals surface area contributed by atoms with Crippen molar-refractivity contribution >= 4 is 22.8 Å². The van der Waals surface area contributed by atoms with E-state index < -0.39 is 0 Å². The molecule has 0 N–H and O–H groups in total. The first-order chi connectivity index (χ1) is 18.9. The van der Waals surface area contributed by atoms with E-state index in [9.17, 15) is 4.79 Å². The highest BCUT2D eigenvalue weighted by Gasteiger charge is 2.52. The number of piperazine rings is 1. The van der Waals surface area contributed by atoms with Crippen LogP contribution < -0.4 is 9.80 Å². The molecule has 1 spiro atoms. The van der Waals surface area contributed by atoms with Gasteiger partial charge in [0.05, 0.1) is 17.3 Å². The van der Waals surface area contributed by atoms with Crippen molar-refractivity contribution < 1.29 is 4.79 Å². The van der Waals surface area contributed by atoms with Crippen LogP contribution in [0.25, 0.3) is 16.6 Å². The van der Waals surface area contributed by atoms with Crippen LogP contribution in [0.1, 0.15) is 26.7 Å². The van der Waals surface area contributed by atoms with Gasteiger partial charge in [0.15, 0.2) is 0 Å². The van der Waals surface area contributed by atoms with E-state index in [1.54, 1.807) is 0 Å². The normalized spacial score (nSPS) is 24.4. The van der Waals surface area contributed by atoms with Crippen molar-refractivity contribution in [3.63, 3.8) is 0 Å². The molecule has 202 valence electrons. The smallest absolute Gasteiger partial charge is 0.225 e. The monoisotopic (exact) mass is 523 g/mol. The molecule has 0 unspecified atom stereocenters. The number of rotatable bonds is 5. The summed E-state index contributed by atoms with van der Waals surface area (Å²) in [5, 5.41) is 13.6. The molecular weight excluding hydrogens is 486 g/mol. The van der Waals surface area contributed by atoms with Gasteiger partial charge in [-0.05, 0) is 56.5 Å². The Morgan fingerprint density at radius 3 is 2.36 bits per heavy atom. The van der Waals surface area contributed by atoms with Crippen LogP contribution in [-0.2, 0) is 4.79 Å². The van der Waals surface area contributed by atoms with E-state index in [1.807, 2.05) is 15.6 Å². The fourth-order valence-electron chi connectivity index (χ4n) is 6.97. The van der Waals surface area contributed by atoms with E-state index >= 15 is 0 Å². The SMILES string of the molecule is CC(C)N1CC2(CN(c3ccc(-c4cc5c(N6CCN(C(=O)[C@H]7C[C@H](C#N)C7)CC6)ccnn5c4)cc3)C2)C1. The Morgan fingerprint density at radius 1 is 0.974 bits per heavy atom. The van der Waals surface area contributed by atoms with Gasteiger partial charge in [0, 0.05) is 99.3 Å². The van der Waals surface area contributed by atoms with Crippen molar-refractivity contribution in [1.82, 2.24) is 19.4 Å². The van der Waals surface area contributed by atoms with Gasteiger partial charge < -0.3 is 14.7 Å². The van der Waals surface area contributed by atoms with E-state index in [0.29, 0.717) is 11.5 Å². The van der Waals surface area contributed by atoms with E-state index in [4.69, 9.17) is 5.26 Å². The number of fused-ring (bicyclic) bond motifs is 1. The number of nitrogens with zero attached hydrogens (tertiary/aromatic N) is 7. The molecule has 4 fully saturated rings. The van der Waals surface area contributed by atoms with Gasteiger partial charge in [0.2, 0.25) is 5.91 Å². The molecule has 1 aliphatic carbocycles.